The zero-order valence-corrected chi connectivity index (χ0v) is 14.9. The lowest BCUT2D eigenvalue weighted by Crippen LogP contribution is -2.22. The van der Waals surface area contributed by atoms with Gasteiger partial charge in [-0.25, -0.2) is 0 Å². The summed E-state index contributed by atoms with van der Waals surface area (Å²) in [6.07, 6.45) is -4.63. The van der Waals surface area contributed by atoms with Gasteiger partial charge in [-0.1, -0.05) is 29.1 Å². The molecule has 0 spiro atoms. The first-order valence-electron chi connectivity index (χ1n) is 8.08. The number of rotatable bonds is 5. The Balaban J connectivity index is 2.11. The molecule has 2 aromatic carbocycles. The number of nitrogens with zero attached hydrogens (tertiary/aromatic N) is 5. The second kappa shape index (κ2) is 7.66. The molecule has 0 unspecified atom stereocenters. The molecule has 0 amide bonds. The van der Waals surface area contributed by atoms with E-state index >= 15 is 0 Å². The number of aromatic nitrogens is 3. The molecule has 29 heavy (non-hydrogen) atoms. The molecule has 1 N–H and O–H groups in total. The van der Waals surface area contributed by atoms with E-state index < -0.39 is 28.0 Å². The minimum absolute atomic E-state index is 0.0975. The number of halogens is 3. The van der Waals surface area contributed by atoms with Gasteiger partial charge in [-0.3, -0.25) is 4.99 Å². The summed E-state index contributed by atoms with van der Waals surface area (Å²) in [4.78, 5) is 15.2. The number of nitro groups is 1. The Bertz CT molecular complexity index is 1120. The van der Waals surface area contributed by atoms with Gasteiger partial charge < -0.3 is 20.1 Å². The fraction of sp³-hybridized carbons (Fsp3) is 0.176. The topological polar surface area (TPSA) is 108 Å². The summed E-state index contributed by atoms with van der Waals surface area (Å²) in [5.41, 5.74) is -1.18. The van der Waals surface area contributed by atoms with Crippen LogP contribution in [0.25, 0.3) is 5.69 Å². The third kappa shape index (κ3) is 4.05. The van der Waals surface area contributed by atoms with Crippen LogP contribution in [0.4, 0.5) is 19.0 Å². The van der Waals surface area contributed by atoms with Gasteiger partial charge in [0.05, 0.1) is 24.3 Å². The van der Waals surface area contributed by atoms with Crippen molar-refractivity contribution in [3.05, 3.63) is 75.3 Å². The summed E-state index contributed by atoms with van der Waals surface area (Å²) in [5.74, 6) is -0.339. The summed E-state index contributed by atoms with van der Waals surface area (Å²) < 4.78 is 44.0. The number of hydrogen-bond acceptors (Lipinski definition) is 6. The highest BCUT2D eigenvalue weighted by Gasteiger charge is 2.32. The van der Waals surface area contributed by atoms with E-state index in [0.717, 1.165) is 12.1 Å². The van der Waals surface area contributed by atoms with E-state index in [-0.39, 0.29) is 17.1 Å². The quantitative estimate of drug-likeness (QED) is 0.396. The van der Waals surface area contributed by atoms with Gasteiger partial charge in [0.15, 0.2) is 0 Å². The van der Waals surface area contributed by atoms with Crippen molar-refractivity contribution >= 4 is 5.82 Å². The van der Waals surface area contributed by atoms with Crippen LogP contribution >= 0.6 is 0 Å². The maximum absolute atomic E-state index is 12.9. The number of alkyl halides is 3. The summed E-state index contributed by atoms with van der Waals surface area (Å²) >= 11 is 0. The van der Waals surface area contributed by atoms with E-state index in [2.05, 4.69) is 10.1 Å². The second-order valence-electron chi connectivity index (χ2n) is 5.76. The molecule has 3 aromatic rings. The van der Waals surface area contributed by atoms with Gasteiger partial charge in [0.25, 0.3) is 5.49 Å². The lowest BCUT2D eigenvalue weighted by molar-refractivity contribution is -0.391. The van der Waals surface area contributed by atoms with E-state index in [0.29, 0.717) is 22.2 Å². The summed E-state index contributed by atoms with van der Waals surface area (Å²) in [7, 11) is 1.44. The van der Waals surface area contributed by atoms with Gasteiger partial charge in [-0.05, 0) is 34.0 Å². The van der Waals surface area contributed by atoms with Crippen LogP contribution in [0.5, 0.6) is 5.75 Å². The van der Waals surface area contributed by atoms with Crippen molar-refractivity contribution in [2.45, 2.75) is 12.7 Å². The number of benzene rings is 2. The fourth-order valence-corrected chi connectivity index (χ4v) is 2.58. The average Bonchev–Trinajstić information content (AvgIpc) is 3.02. The smallest absolute Gasteiger partial charge is 0.438 e. The molecule has 0 saturated carbocycles. The molecule has 12 heteroatoms. The van der Waals surface area contributed by atoms with E-state index in [4.69, 9.17) is 4.74 Å². The zero-order chi connectivity index (χ0) is 21.2. The molecule has 9 nitrogen and oxygen atoms in total. The Morgan fingerprint density at radius 1 is 1.24 bits per heavy atom. The first kappa shape index (κ1) is 19.9. The molecule has 0 atom stereocenters. The van der Waals surface area contributed by atoms with Gasteiger partial charge in [-0.2, -0.15) is 13.2 Å². The standard InChI is InChI=1S/C17H14F3N5O4/c1-29-14-8-3-2-5-11(14)10-21-15-16(25(27)28)22-23(24(15)26)13-7-4-6-12(9-13)17(18,19)20/h2-9,26H,10H2,1H3. The van der Waals surface area contributed by atoms with E-state index in [1.54, 1.807) is 24.3 Å². The molecule has 3 rings (SSSR count). The molecule has 0 aliphatic heterocycles. The Labute approximate surface area is 161 Å². The van der Waals surface area contributed by atoms with Crippen molar-refractivity contribution < 1.29 is 28.0 Å². The van der Waals surface area contributed by atoms with Gasteiger partial charge >= 0.3 is 12.0 Å². The molecule has 152 valence electrons. The van der Waals surface area contributed by atoms with Crippen molar-refractivity contribution in [2.24, 2.45) is 4.99 Å². The second-order valence-corrected chi connectivity index (χ2v) is 5.76. The Morgan fingerprint density at radius 3 is 2.62 bits per heavy atom. The zero-order valence-electron chi connectivity index (χ0n) is 14.9. The van der Waals surface area contributed by atoms with Crippen molar-refractivity contribution in [3.63, 3.8) is 0 Å². The largest absolute Gasteiger partial charge is 0.496 e. The van der Waals surface area contributed by atoms with Gasteiger partial charge in [-0.15, -0.1) is 0 Å². The van der Waals surface area contributed by atoms with Gasteiger partial charge in [0.2, 0.25) is 0 Å². The van der Waals surface area contributed by atoms with Gasteiger partial charge in [0, 0.05) is 5.56 Å². The summed E-state index contributed by atoms with van der Waals surface area (Å²) in [5, 5.41) is 25.2. The van der Waals surface area contributed by atoms with Gasteiger partial charge in [0.1, 0.15) is 11.4 Å². The van der Waals surface area contributed by atoms with Crippen LogP contribution in [0, 0.1) is 10.1 Å². The van der Waals surface area contributed by atoms with E-state index in [1.807, 2.05) is 0 Å². The van der Waals surface area contributed by atoms with Crippen molar-refractivity contribution in [1.29, 1.82) is 0 Å². The van der Waals surface area contributed by atoms with Crippen LogP contribution < -0.4 is 10.2 Å². The Morgan fingerprint density at radius 2 is 1.97 bits per heavy atom. The maximum atomic E-state index is 12.9. The number of ether oxygens (including phenoxy) is 1. The average molecular weight is 409 g/mol. The highest BCUT2D eigenvalue weighted by molar-refractivity contribution is 5.36. The number of methoxy groups -OCH3 is 1. The van der Waals surface area contributed by atoms with Crippen LogP contribution in [0.2, 0.25) is 0 Å². The van der Waals surface area contributed by atoms with Crippen LogP contribution in [0.1, 0.15) is 11.1 Å². The SMILES string of the molecule is COc1ccccc1CN=c1c([N+](=O)[O-])nn(-c2cccc(C(F)(F)F)c2)n1O. The fourth-order valence-electron chi connectivity index (χ4n) is 2.58. The molecule has 0 aliphatic rings. The maximum Gasteiger partial charge on any atom is 0.438 e. The highest BCUT2D eigenvalue weighted by Crippen LogP contribution is 2.30. The number of hydrogen-bond donors (Lipinski definition) is 1. The van der Waals surface area contributed by atoms with Crippen molar-refractivity contribution in [1.82, 2.24) is 14.7 Å². The molecular formula is C17H14F3N5O4. The third-order valence-corrected chi connectivity index (χ3v) is 3.93. The minimum atomic E-state index is -4.63. The van der Waals surface area contributed by atoms with Crippen molar-refractivity contribution in [2.75, 3.05) is 7.11 Å². The molecule has 1 heterocycles. The lowest BCUT2D eigenvalue weighted by Gasteiger charge is -2.07. The molecular weight excluding hydrogens is 395 g/mol. The predicted molar refractivity (Wildman–Crippen MR) is 92.7 cm³/mol. The highest BCUT2D eigenvalue weighted by atomic mass is 19.4. The predicted octanol–water partition coefficient (Wildman–Crippen LogP) is 2.95. The summed E-state index contributed by atoms with van der Waals surface area (Å²) in [6.45, 7) is -0.0975. The monoisotopic (exact) mass is 409 g/mol. The Kier molecular flexibility index (Phi) is 5.26. The summed E-state index contributed by atoms with van der Waals surface area (Å²) in [6, 6.07) is 10.6. The molecule has 0 radical (unpaired) electrons. The van der Waals surface area contributed by atoms with Crippen LogP contribution in [0.3, 0.4) is 0 Å². The van der Waals surface area contributed by atoms with Crippen LogP contribution in [0.15, 0.2) is 53.5 Å². The molecule has 1 aromatic heterocycles. The molecule has 0 fully saturated rings. The minimum Gasteiger partial charge on any atom is -0.496 e. The first-order chi connectivity index (χ1) is 13.7. The third-order valence-electron chi connectivity index (χ3n) is 3.93. The van der Waals surface area contributed by atoms with Crippen molar-refractivity contribution in [3.8, 4) is 11.4 Å². The Hall–Kier alpha value is -3.83. The first-order valence-corrected chi connectivity index (χ1v) is 8.08. The molecule has 0 bridgehead atoms. The molecule has 0 aliphatic carbocycles. The van der Waals surface area contributed by atoms with Crippen LogP contribution in [-0.4, -0.2) is 32.0 Å². The van der Waals surface area contributed by atoms with E-state index in [1.165, 1.54) is 13.2 Å². The van der Waals surface area contributed by atoms with Crippen LogP contribution in [-0.2, 0) is 12.7 Å². The number of para-hydroxylation sites is 1. The normalized spacial score (nSPS) is 12.2. The lowest BCUT2D eigenvalue weighted by atomic mass is 10.2. The molecule has 0 saturated heterocycles. The van der Waals surface area contributed by atoms with E-state index in [9.17, 15) is 28.5 Å².